The molecule has 0 atom stereocenters. The number of rotatable bonds is 0. The zero-order valence-electron chi connectivity index (χ0n) is 11.7. The molecule has 3 nitrogen and oxygen atoms in total. The van der Waals surface area contributed by atoms with E-state index in [1.54, 1.807) is 0 Å². The molecule has 0 aromatic rings. The van der Waals surface area contributed by atoms with Gasteiger partial charge in [-0.3, -0.25) is 0 Å². The predicted octanol–water partition coefficient (Wildman–Crippen LogP) is 3.95. The second-order valence-electron chi connectivity index (χ2n) is 6.83. The molecule has 1 saturated carbocycles. The number of carbonyl (C=O) groups is 1. The summed E-state index contributed by atoms with van der Waals surface area (Å²) in [6.45, 7) is 7.52. The Bertz CT molecular complexity index is 316. The lowest BCUT2D eigenvalue weighted by molar-refractivity contribution is 0.0263. The van der Waals surface area contributed by atoms with Crippen LogP contribution in [0.4, 0.5) is 4.79 Å². The van der Waals surface area contributed by atoms with Gasteiger partial charge in [-0.1, -0.05) is 15.9 Å². The first-order valence-electron chi connectivity index (χ1n) is 6.92. The summed E-state index contributed by atoms with van der Waals surface area (Å²) in [5, 5.41) is 0. The normalized spacial score (nSPS) is 32.9. The Morgan fingerprint density at radius 1 is 1.28 bits per heavy atom. The Labute approximate surface area is 118 Å². The minimum Gasteiger partial charge on any atom is -0.444 e. The van der Waals surface area contributed by atoms with Gasteiger partial charge in [-0.05, 0) is 58.3 Å². The molecule has 2 aliphatic rings. The average Bonchev–Trinajstić information content (AvgIpc) is 2.65. The van der Waals surface area contributed by atoms with E-state index >= 15 is 0 Å². The highest BCUT2D eigenvalue weighted by Crippen LogP contribution is 2.45. The van der Waals surface area contributed by atoms with Gasteiger partial charge in [0.05, 0.1) is 0 Å². The zero-order chi connectivity index (χ0) is 13.4. The van der Waals surface area contributed by atoms with Crippen LogP contribution in [0.2, 0.25) is 0 Å². The van der Waals surface area contributed by atoms with E-state index in [4.69, 9.17) is 4.74 Å². The Balaban J connectivity index is 1.90. The Hall–Kier alpha value is -0.250. The number of hydrogen-bond donors (Lipinski definition) is 0. The van der Waals surface area contributed by atoms with Crippen molar-refractivity contribution in [1.82, 2.24) is 4.90 Å². The van der Waals surface area contributed by atoms with E-state index in [-0.39, 0.29) is 11.7 Å². The molecular weight excluding hydrogens is 294 g/mol. The molecule has 1 saturated heterocycles. The lowest BCUT2D eigenvalue weighted by atomic mass is 9.73. The first kappa shape index (κ1) is 14.2. The number of likely N-dealkylation sites (tertiary alicyclic amines) is 1. The highest BCUT2D eigenvalue weighted by atomic mass is 79.9. The van der Waals surface area contributed by atoms with Crippen molar-refractivity contribution in [3.05, 3.63) is 0 Å². The summed E-state index contributed by atoms with van der Waals surface area (Å²) in [5.74, 6) is 0. The van der Waals surface area contributed by atoms with Crippen LogP contribution in [0.3, 0.4) is 0 Å². The van der Waals surface area contributed by atoms with Crippen LogP contribution >= 0.6 is 15.9 Å². The quantitative estimate of drug-likeness (QED) is 0.633. The van der Waals surface area contributed by atoms with E-state index in [2.05, 4.69) is 15.9 Å². The molecule has 1 amide bonds. The van der Waals surface area contributed by atoms with Gasteiger partial charge < -0.3 is 9.64 Å². The second-order valence-corrected chi connectivity index (χ2v) is 8.12. The zero-order valence-corrected chi connectivity index (χ0v) is 13.3. The van der Waals surface area contributed by atoms with Crippen LogP contribution in [-0.4, -0.2) is 34.5 Å². The number of ether oxygens (including phenoxy) is 1. The van der Waals surface area contributed by atoms with Crippen molar-refractivity contribution in [2.24, 2.45) is 5.41 Å². The fourth-order valence-electron chi connectivity index (χ4n) is 3.02. The molecule has 0 radical (unpaired) electrons. The summed E-state index contributed by atoms with van der Waals surface area (Å²) >= 11 is 3.70. The number of carbonyl (C=O) groups excluding carboxylic acids is 1. The first-order valence-corrected chi connectivity index (χ1v) is 7.83. The van der Waals surface area contributed by atoms with Crippen molar-refractivity contribution < 1.29 is 9.53 Å². The van der Waals surface area contributed by atoms with Gasteiger partial charge in [0.2, 0.25) is 0 Å². The average molecular weight is 318 g/mol. The number of halogens is 1. The fourth-order valence-corrected chi connectivity index (χ4v) is 3.48. The van der Waals surface area contributed by atoms with Gasteiger partial charge >= 0.3 is 6.09 Å². The van der Waals surface area contributed by atoms with E-state index in [9.17, 15) is 4.79 Å². The molecular formula is C14H24BrNO2. The maximum absolute atomic E-state index is 12.0. The predicted molar refractivity (Wildman–Crippen MR) is 76.0 cm³/mol. The Morgan fingerprint density at radius 3 is 2.44 bits per heavy atom. The van der Waals surface area contributed by atoms with Crippen LogP contribution in [0.1, 0.15) is 52.9 Å². The van der Waals surface area contributed by atoms with E-state index in [0.717, 1.165) is 19.5 Å². The Morgan fingerprint density at radius 2 is 1.89 bits per heavy atom. The molecule has 18 heavy (non-hydrogen) atoms. The van der Waals surface area contributed by atoms with E-state index < -0.39 is 0 Å². The van der Waals surface area contributed by atoms with Gasteiger partial charge in [-0.25, -0.2) is 4.79 Å². The fraction of sp³-hybridized carbons (Fsp3) is 0.929. The van der Waals surface area contributed by atoms with Gasteiger partial charge in [-0.2, -0.15) is 0 Å². The molecule has 1 spiro atoms. The van der Waals surface area contributed by atoms with Crippen LogP contribution < -0.4 is 0 Å². The molecule has 1 aliphatic heterocycles. The van der Waals surface area contributed by atoms with Crippen LogP contribution in [-0.2, 0) is 4.74 Å². The van der Waals surface area contributed by atoms with Gasteiger partial charge in [0, 0.05) is 17.9 Å². The van der Waals surface area contributed by atoms with Crippen LogP contribution in [0.5, 0.6) is 0 Å². The van der Waals surface area contributed by atoms with Gasteiger partial charge in [0.15, 0.2) is 0 Å². The van der Waals surface area contributed by atoms with Crippen LogP contribution in [0, 0.1) is 5.41 Å². The van der Waals surface area contributed by atoms with Crippen molar-refractivity contribution in [1.29, 1.82) is 0 Å². The second kappa shape index (κ2) is 5.03. The molecule has 0 unspecified atom stereocenters. The van der Waals surface area contributed by atoms with Crippen molar-refractivity contribution >= 4 is 22.0 Å². The maximum atomic E-state index is 12.0. The molecule has 0 bridgehead atoms. The largest absolute Gasteiger partial charge is 0.444 e. The van der Waals surface area contributed by atoms with Crippen molar-refractivity contribution in [2.75, 3.05) is 13.1 Å². The minimum atomic E-state index is -0.389. The summed E-state index contributed by atoms with van der Waals surface area (Å²) in [5.41, 5.74) is -0.0124. The van der Waals surface area contributed by atoms with E-state index in [1.807, 2.05) is 25.7 Å². The summed E-state index contributed by atoms with van der Waals surface area (Å²) < 4.78 is 5.45. The van der Waals surface area contributed by atoms with E-state index in [1.165, 1.54) is 25.7 Å². The van der Waals surface area contributed by atoms with Crippen LogP contribution in [0.15, 0.2) is 0 Å². The topological polar surface area (TPSA) is 29.5 Å². The lowest BCUT2D eigenvalue weighted by Crippen LogP contribution is -2.38. The monoisotopic (exact) mass is 317 g/mol. The molecule has 0 N–H and O–H groups in total. The van der Waals surface area contributed by atoms with Crippen molar-refractivity contribution in [2.45, 2.75) is 63.3 Å². The van der Waals surface area contributed by atoms with Crippen molar-refractivity contribution in [3.63, 3.8) is 0 Å². The number of alkyl halides is 1. The van der Waals surface area contributed by atoms with Crippen LogP contribution in [0.25, 0.3) is 0 Å². The summed E-state index contributed by atoms with van der Waals surface area (Å²) in [6, 6.07) is 0. The molecule has 1 heterocycles. The van der Waals surface area contributed by atoms with Gasteiger partial charge in [0.1, 0.15) is 5.60 Å². The standard InChI is InChI=1S/C14H24BrNO2/c1-13(2,3)18-12(17)16-9-8-14(10-16)6-4-11(15)5-7-14/h11H,4-10H2,1-3H3. The maximum Gasteiger partial charge on any atom is 0.410 e. The third-order valence-corrected chi connectivity index (χ3v) is 4.98. The number of hydrogen-bond acceptors (Lipinski definition) is 2. The molecule has 2 rings (SSSR count). The smallest absolute Gasteiger partial charge is 0.410 e. The number of amides is 1. The number of nitrogens with zero attached hydrogens (tertiary/aromatic N) is 1. The summed E-state index contributed by atoms with van der Waals surface area (Å²) in [7, 11) is 0. The summed E-state index contributed by atoms with van der Waals surface area (Å²) in [4.78, 5) is 14.6. The molecule has 0 aromatic carbocycles. The highest BCUT2D eigenvalue weighted by Gasteiger charge is 2.42. The first-order chi connectivity index (χ1) is 8.30. The van der Waals surface area contributed by atoms with Gasteiger partial charge in [0.25, 0.3) is 0 Å². The highest BCUT2D eigenvalue weighted by molar-refractivity contribution is 9.09. The summed E-state index contributed by atoms with van der Waals surface area (Å²) in [6.07, 6.45) is 5.96. The minimum absolute atomic E-state index is 0.139. The molecule has 4 heteroatoms. The molecule has 104 valence electrons. The molecule has 2 fully saturated rings. The molecule has 0 aromatic heterocycles. The lowest BCUT2D eigenvalue weighted by Gasteiger charge is -2.35. The third kappa shape index (κ3) is 3.40. The Kier molecular flexibility index (Phi) is 3.96. The van der Waals surface area contributed by atoms with Crippen molar-refractivity contribution in [3.8, 4) is 0 Å². The molecule has 1 aliphatic carbocycles. The third-order valence-electron chi connectivity index (χ3n) is 4.07. The SMILES string of the molecule is CC(C)(C)OC(=O)N1CCC2(CCC(Br)CC2)C1. The van der Waals surface area contributed by atoms with E-state index in [0.29, 0.717) is 10.2 Å². The van der Waals surface area contributed by atoms with Gasteiger partial charge in [-0.15, -0.1) is 0 Å².